The summed E-state index contributed by atoms with van der Waals surface area (Å²) < 4.78 is 30.2. The van der Waals surface area contributed by atoms with E-state index in [1.165, 1.54) is 0 Å². The number of sulfonamides is 1. The number of rotatable bonds is 6. The Morgan fingerprint density at radius 3 is 2.59 bits per heavy atom. The summed E-state index contributed by atoms with van der Waals surface area (Å²) >= 11 is 0. The third-order valence-corrected chi connectivity index (χ3v) is 3.30. The molecule has 1 aromatic heterocycles. The van der Waals surface area contributed by atoms with Crippen molar-refractivity contribution in [1.29, 1.82) is 0 Å². The fourth-order valence-corrected chi connectivity index (χ4v) is 2.04. The van der Waals surface area contributed by atoms with Crippen molar-refractivity contribution in [3.05, 3.63) is 17.9 Å². The Bertz CT molecular complexity index is 491. The van der Waals surface area contributed by atoms with Crippen LogP contribution in [0, 0.1) is 0 Å². The van der Waals surface area contributed by atoms with Crippen molar-refractivity contribution >= 4 is 16.0 Å². The molecular weight excluding hydrogens is 248 g/mol. The highest BCUT2D eigenvalue weighted by molar-refractivity contribution is 7.89. The fraction of sp³-hybridized carbons (Fsp3) is 0.444. The van der Waals surface area contributed by atoms with Crippen molar-refractivity contribution in [3.8, 4) is 0 Å². The molecule has 0 aliphatic carbocycles. The maximum absolute atomic E-state index is 11.6. The number of hydrogen-bond donors (Lipinski definition) is 2. The summed E-state index contributed by atoms with van der Waals surface area (Å²) in [6.45, 7) is 0.847. The largest absolute Gasteiger partial charge is 0.542 e. The Balaban J connectivity index is 2.72. The highest BCUT2D eigenvalue weighted by Gasteiger charge is 2.18. The Labute approximate surface area is 99.1 Å². The molecule has 0 aliphatic rings. The summed E-state index contributed by atoms with van der Waals surface area (Å²) in [5.41, 5.74) is 0. The minimum atomic E-state index is -3.79. The van der Waals surface area contributed by atoms with E-state index < -0.39 is 26.8 Å². The molecule has 0 spiro atoms. The van der Waals surface area contributed by atoms with Crippen molar-refractivity contribution in [3.63, 3.8) is 0 Å². The molecule has 0 unspecified atom stereocenters. The third-order valence-electron chi connectivity index (χ3n) is 1.96. The highest BCUT2D eigenvalue weighted by atomic mass is 32.2. The van der Waals surface area contributed by atoms with E-state index in [2.05, 4.69) is 9.14 Å². The van der Waals surface area contributed by atoms with Crippen molar-refractivity contribution in [2.75, 3.05) is 27.2 Å². The van der Waals surface area contributed by atoms with Gasteiger partial charge in [-0.15, -0.1) is 0 Å². The van der Waals surface area contributed by atoms with E-state index in [9.17, 15) is 18.3 Å². The average Bonchev–Trinajstić information content (AvgIpc) is 2.65. The molecule has 2 N–H and O–H groups in total. The molecule has 0 saturated carbocycles. The van der Waals surface area contributed by atoms with Gasteiger partial charge in [-0.25, -0.2) is 13.1 Å². The second-order valence-electron chi connectivity index (χ2n) is 3.76. The summed E-state index contributed by atoms with van der Waals surface area (Å²) in [4.78, 5) is 11.5. The Morgan fingerprint density at radius 2 is 2.12 bits per heavy atom. The van der Waals surface area contributed by atoms with Gasteiger partial charge < -0.3 is 19.2 Å². The van der Waals surface area contributed by atoms with E-state index >= 15 is 0 Å². The number of quaternary nitrogens is 1. The topological polar surface area (TPSA) is 104 Å². The lowest BCUT2D eigenvalue weighted by Crippen LogP contribution is -3.06. The van der Waals surface area contributed by atoms with Crippen molar-refractivity contribution in [2.45, 2.75) is 5.09 Å². The van der Waals surface area contributed by atoms with Gasteiger partial charge in [-0.05, 0) is 12.1 Å². The average molecular weight is 262 g/mol. The first-order chi connectivity index (χ1) is 7.83. The third kappa shape index (κ3) is 3.84. The summed E-state index contributed by atoms with van der Waals surface area (Å²) in [6, 6.07) is 2.12. The summed E-state index contributed by atoms with van der Waals surface area (Å²) in [5, 5.41) is 10.00. The van der Waals surface area contributed by atoms with E-state index in [-0.39, 0.29) is 6.54 Å². The zero-order valence-electron chi connectivity index (χ0n) is 9.52. The van der Waals surface area contributed by atoms with Crippen LogP contribution in [0.1, 0.15) is 10.6 Å². The lowest BCUT2D eigenvalue weighted by atomic mass is 10.5. The first-order valence-corrected chi connectivity index (χ1v) is 6.41. The van der Waals surface area contributed by atoms with E-state index in [0.717, 1.165) is 17.0 Å². The van der Waals surface area contributed by atoms with Crippen LogP contribution in [0.15, 0.2) is 21.6 Å². The SMILES string of the molecule is C[NH+](C)CCNS(=O)(=O)c1ccc(C(=O)[O-])o1. The molecule has 96 valence electrons. The van der Waals surface area contributed by atoms with Crippen molar-refractivity contribution in [1.82, 2.24) is 4.72 Å². The van der Waals surface area contributed by atoms with E-state index in [0.29, 0.717) is 6.54 Å². The highest BCUT2D eigenvalue weighted by Crippen LogP contribution is 2.12. The Kier molecular flexibility index (Phi) is 4.27. The normalized spacial score (nSPS) is 11.9. The molecule has 1 heterocycles. The molecule has 0 radical (unpaired) electrons. The zero-order chi connectivity index (χ0) is 13.1. The molecule has 1 rings (SSSR count). The molecule has 0 bridgehead atoms. The van der Waals surface area contributed by atoms with Crippen LogP contribution in [0.5, 0.6) is 0 Å². The molecule has 0 atom stereocenters. The monoisotopic (exact) mass is 262 g/mol. The maximum atomic E-state index is 11.6. The van der Waals surface area contributed by atoms with Gasteiger partial charge in [0.2, 0.25) is 5.09 Å². The summed E-state index contributed by atoms with van der Waals surface area (Å²) in [7, 11) is -0.0211. The van der Waals surface area contributed by atoms with Gasteiger partial charge in [-0.2, -0.15) is 0 Å². The molecule has 0 aromatic carbocycles. The number of likely N-dealkylation sites (N-methyl/N-ethyl adjacent to an activating group) is 1. The Hall–Kier alpha value is -1.38. The minimum absolute atomic E-state index is 0.242. The molecule has 0 aliphatic heterocycles. The minimum Gasteiger partial charge on any atom is -0.542 e. The van der Waals surface area contributed by atoms with Gasteiger partial charge in [0.05, 0.1) is 27.2 Å². The van der Waals surface area contributed by atoms with Crippen LogP contribution in [-0.4, -0.2) is 41.6 Å². The molecular formula is C9H14N2O5S. The summed E-state index contributed by atoms with van der Waals surface area (Å²) in [6.07, 6.45) is 0. The lowest BCUT2D eigenvalue weighted by molar-refractivity contribution is -0.856. The van der Waals surface area contributed by atoms with Crippen LogP contribution >= 0.6 is 0 Å². The van der Waals surface area contributed by atoms with Crippen LogP contribution in [-0.2, 0) is 10.0 Å². The van der Waals surface area contributed by atoms with E-state index in [4.69, 9.17) is 0 Å². The van der Waals surface area contributed by atoms with E-state index in [1.807, 2.05) is 14.1 Å². The Morgan fingerprint density at radius 1 is 1.47 bits per heavy atom. The van der Waals surface area contributed by atoms with Crippen LogP contribution in [0.2, 0.25) is 0 Å². The van der Waals surface area contributed by atoms with Gasteiger partial charge in [0.15, 0.2) is 5.76 Å². The number of carbonyl (C=O) groups is 1. The number of carboxylic acids is 1. The molecule has 0 amide bonds. The van der Waals surface area contributed by atoms with Gasteiger partial charge in [0.1, 0.15) is 5.97 Å². The van der Waals surface area contributed by atoms with Crippen LogP contribution in [0.25, 0.3) is 0 Å². The number of carboxylic acid groups (broad SMARTS) is 1. The smallest absolute Gasteiger partial charge is 0.274 e. The van der Waals surface area contributed by atoms with Gasteiger partial charge in [-0.1, -0.05) is 0 Å². The van der Waals surface area contributed by atoms with Crippen molar-refractivity contribution < 1.29 is 27.6 Å². The molecule has 1 aromatic rings. The quantitative estimate of drug-likeness (QED) is 0.571. The zero-order valence-corrected chi connectivity index (χ0v) is 10.3. The van der Waals surface area contributed by atoms with Gasteiger partial charge in [0, 0.05) is 0 Å². The van der Waals surface area contributed by atoms with Crippen LogP contribution in [0.3, 0.4) is 0 Å². The number of furan rings is 1. The predicted molar refractivity (Wildman–Crippen MR) is 55.9 cm³/mol. The first-order valence-electron chi connectivity index (χ1n) is 4.93. The van der Waals surface area contributed by atoms with Gasteiger partial charge in [0.25, 0.3) is 10.0 Å². The molecule has 17 heavy (non-hydrogen) atoms. The van der Waals surface area contributed by atoms with Crippen LogP contribution in [0.4, 0.5) is 0 Å². The molecule has 0 saturated heterocycles. The number of nitrogens with one attached hydrogen (secondary N) is 2. The number of hydrogen-bond acceptors (Lipinski definition) is 5. The predicted octanol–water partition coefficient (Wildman–Crippen LogP) is -2.93. The maximum Gasteiger partial charge on any atom is 0.274 e. The standard InChI is InChI=1S/C9H14N2O5S/c1-11(2)6-5-10-17(14,15)8-4-3-7(16-8)9(12)13/h3-4,10H,5-6H2,1-2H3,(H,12,13). The van der Waals surface area contributed by atoms with Gasteiger partial charge >= 0.3 is 0 Å². The van der Waals surface area contributed by atoms with Gasteiger partial charge in [-0.3, -0.25) is 0 Å². The first kappa shape index (κ1) is 13.7. The number of carbonyl (C=O) groups excluding carboxylic acids is 1. The molecule has 7 nitrogen and oxygen atoms in total. The second-order valence-corrected chi connectivity index (χ2v) is 5.46. The second kappa shape index (κ2) is 5.30. The van der Waals surface area contributed by atoms with Crippen molar-refractivity contribution in [2.24, 2.45) is 0 Å². The van der Waals surface area contributed by atoms with Crippen LogP contribution < -0.4 is 14.7 Å². The number of aromatic carboxylic acids is 1. The molecule has 0 fully saturated rings. The van der Waals surface area contributed by atoms with E-state index in [1.54, 1.807) is 0 Å². The molecule has 8 heteroatoms. The fourth-order valence-electron chi connectivity index (χ4n) is 1.08. The summed E-state index contributed by atoms with van der Waals surface area (Å²) in [5.74, 6) is -2.06. The lowest BCUT2D eigenvalue weighted by Gasteiger charge is -2.07.